The van der Waals surface area contributed by atoms with Gasteiger partial charge in [0.05, 0.1) is 9.52 Å². The van der Waals surface area contributed by atoms with E-state index < -0.39 is 9.52 Å². The van der Waals surface area contributed by atoms with E-state index in [0.29, 0.717) is 5.92 Å². The average molecular weight is 389 g/mol. The molecule has 0 saturated heterocycles. The first-order valence-corrected chi connectivity index (χ1v) is 12.4. The Kier molecular flexibility index (Phi) is 6.77. The van der Waals surface area contributed by atoms with Crippen LogP contribution in [0.4, 0.5) is 0 Å². The first-order valence-electron chi connectivity index (χ1n) is 11.0. The molecule has 3 rings (SSSR count). The van der Waals surface area contributed by atoms with Gasteiger partial charge in [-0.1, -0.05) is 79.1 Å². The molecular formula is C27H36Si. The second-order valence-electron chi connectivity index (χ2n) is 8.55. The Bertz CT molecular complexity index is 871. The van der Waals surface area contributed by atoms with Gasteiger partial charge in [0.1, 0.15) is 0 Å². The number of unbranched alkanes of at least 4 members (excludes halogenated alkanes) is 2. The van der Waals surface area contributed by atoms with Crippen LogP contribution in [0, 0.1) is 40.5 Å². The van der Waals surface area contributed by atoms with Crippen molar-refractivity contribution in [3.8, 4) is 0 Å². The number of allylic oxidation sites excluding steroid dienone is 4. The van der Waals surface area contributed by atoms with E-state index in [9.17, 15) is 0 Å². The van der Waals surface area contributed by atoms with E-state index in [-0.39, 0.29) is 0 Å². The van der Waals surface area contributed by atoms with Gasteiger partial charge in [0, 0.05) is 5.92 Å². The third-order valence-corrected chi connectivity index (χ3v) is 9.38. The van der Waals surface area contributed by atoms with Gasteiger partial charge >= 0.3 is 0 Å². The van der Waals surface area contributed by atoms with E-state index in [0.717, 1.165) is 0 Å². The van der Waals surface area contributed by atoms with Gasteiger partial charge in [0.25, 0.3) is 0 Å². The topological polar surface area (TPSA) is 0 Å². The fraction of sp³-hybridized carbons (Fsp3) is 0.407. The molecule has 0 heterocycles. The first-order chi connectivity index (χ1) is 13.5. The van der Waals surface area contributed by atoms with Crippen LogP contribution >= 0.6 is 0 Å². The molecule has 0 nitrogen and oxygen atoms in total. The number of hydrogen-bond donors (Lipinski definition) is 0. The highest BCUT2D eigenvalue weighted by molar-refractivity contribution is 6.64. The third kappa shape index (κ3) is 4.10. The lowest BCUT2D eigenvalue weighted by Crippen LogP contribution is -2.26. The first kappa shape index (κ1) is 20.9. The molecule has 148 valence electrons. The van der Waals surface area contributed by atoms with Gasteiger partial charge in [0.2, 0.25) is 0 Å². The highest BCUT2D eigenvalue weighted by Gasteiger charge is 2.23. The van der Waals surface area contributed by atoms with Crippen molar-refractivity contribution in [1.29, 1.82) is 0 Å². The van der Waals surface area contributed by atoms with Crippen molar-refractivity contribution in [3.05, 3.63) is 81.1 Å². The maximum absolute atomic E-state index is 2.50. The summed E-state index contributed by atoms with van der Waals surface area (Å²) in [7, 11) is -0.510. The smallest absolute Gasteiger partial charge is 0.0771 e. The normalized spacial score (nSPS) is 16.7. The van der Waals surface area contributed by atoms with Gasteiger partial charge in [-0.2, -0.15) is 0 Å². The van der Waals surface area contributed by atoms with E-state index in [1.807, 2.05) is 0 Å². The van der Waals surface area contributed by atoms with Gasteiger partial charge in [-0.25, -0.2) is 0 Å². The van der Waals surface area contributed by atoms with Crippen LogP contribution in [0.3, 0.4) is 0 Å². The van der Waals surface area contributed by atoms with Crippen molar-refractivity contribution < 1.29 is 0 Å². The zero-order chi connectivity index (χ0) is 20.3. The highest BCUT2D eigenvalue weighted by atomic mass is 28.2. The van der Waals surface area contributed by atoms with E-state index in [2.05, 4.69) is 84.0 Å². The van der Waals surface area contributed by atoms with Crippen LogP contribution in [-0.2, 0) is 0 Å². The van der Waals surface area contributed by atoms with Crippen molar-refractivity contribution in [3.63, 3.8) is 0 Å². The minimum Gasteiger partial charge on any atom is -0.0771 e. The van der Waals surface area contributed by atoms with Gasteiger partial charge in [-0.3, -0.25) is 0 Å². The van der Waals surface area contributed by atoms with Crippen molar-refractivity contribution in [2.24, 2.45) is 5.92 Å². The van der Waals surface area contributed by atoms with Gasteiger partial charge < -0.3 is 0 Å². The number of benzene rings is 2. The molecular weight excluding hydrogens is 352 g/mol. The van der Waals surface area contributed by atoms with Crippen molar-refractivity contribution >= 4 is 20.3 Å². The van der Waals surface area contributed by atoms with Crippen molar-refractivity contribution in [2.75, 3.05) is 0 Å². The fourth-order valence-electron chi connectivity index (χ4n) is 4.72. The largest absolute Gasteiger partial charge is 0.0886 e. The van der Waals surface area contributed by atoms with Crippen LogP contribution in [0.25, 0.3) is 5.57 Å². The van der Waals surface area contributed by atoms with Crippen LogP contribution in [0.1, 0.15) is 66.0 Å². The van der Waals surface area contributed by atoms with E-state index in [1.54, 1.807) is 16.0 Å². The number of hydrogen-bond acceptors (Lipinski definition) is 0. The lowest BCUT2D eigenvalue weighted by Gasteiger charge is -2.21. The molecule has 1 atom stereocenters. The van der Waals surface area contributed by atoms with E-state index in [1.165, 1.54) is 59.1 Å². The predicted octanol–water partition coefficient (Wildman–Crippen LogP) is 6.20. The lowest BCUT2D eigenvalue weighted by atomic mass is 9.91. The molecule has 1 aliphatic carbocycles. The van der Waals surface area contributed by atoms with Gasteiger partial charge in [-0.05, 0) is 80.0 Å². The Morgan fingerprint density at radius 1 is 0.786 bits per heavy atom. The van der Waals surface area contributed by atoms with Crippen LogP contribution in [0.5, 0.6) is 0 Å². The van der Waals surface area contributed by atoms with Gasteiger partial charge in [0.15, 0.2) is 0 Å². The van der Waals surface area contributed by atoms with Crippen LogP contribution in [0.2, 0.25) is 0 Å². The molecule has 0 amide bonds. The average Bonchev–Trinajstić information content (AvgIpc) is 3.11. The maximum atomic E-state index is 2.50. The quantitative estimate of drug-likeness (QED) is 0.391. The van der Waals surface area contributed by atoms with Crippen LogP contribution in [0.15, 0.2) is 47.7 Å². The molecule has 28 heavy (non-hydrogen) atoms. The Balaban J connectivity index is 2.03. The summed E-state index contributed by atoms with van der Waals surface area (Å²) < 4.78 is 0. The molecule has 1 heteroatoms. The molecule has 0 aromatic heterocycles. The number of rotatable bonds is 7. The van der Waals surface area contributed by atoms with E-state index in [4.69, 9.17) is 0 Å². The van der Waals surface area contributed by atoms with E-state index >= 15 is 0 Å². The molecule has 0 bridgehead atoms. The van der Waals surface area contributed by atoms with Crippen molar-refractivity contribution in [2.45, 2.75) is 67.2 Å². The second kappa shape index (κ2) is 9.09. The van der Waals surface area contributed by atoms with Gasteiger partial charge in [-0.15, -0.1) is 0 Å². The summed E-state index contributed by atoms with van der Waals surface area (Å²) in [5, 5.41) is 3.32. The lowest BCUT2D eigenvalue weighted by molar-refractivity contribution is 0.623. The molecule has 0 spiro atoms. The fourth-order valence-corrected chi connectivity index (χ4v) is 7.07. The summed E-state index contributed by atoms with van der Waals surface area (Å²) in [4.78, 5) is 0. The molecule has 0 N–H and O–H groups in total. The molecule has 0 aliphatic heterocycles. The molecule has 1 aliphatic rings. The standard InChI is InChI=1S/C27H36Si/c1-7-8-10-13-24-16-17-25(26(24)23-14-11-9-12-15-23)28-27-21(5)19(3)18(2)20(4)22(27)6/h9,11-12,14-17,24H,7-8,10,13,28H2,1-6H3. The summed E-state index contributed by atoms with van der Waals surface area (Å²) in [6.45, 7) is 13.9. The molecule has 2 aromatic rings. The van der Waals surface area contributed by atoms with Crippen LogP contribution in [-0.4, -0.2) is 9.52 Å². The predicted molar refractivity (Wildman–Crippen MR) is 128 cm³/mol. The zero-order valence-corrected chi connectivity index (χ0v) is 20.1. The SMILES string of the molecule is CCCCCC1C=CC([SiH2]c2c(C)c(C)c(C)c(C)c2C)=C1c1ccccc1. The van der Waals surface area contributed by atoms with Crippen molar-refractivity contribution in [1.82, 2.24) is 0 Å². The molecule has 2 aromatic carbocycles. The Morgan fingerprint density at radius 3 is 2.00 bits per heavy atom. The summed E-state index contributed by atoms with van der Waals surface area (Å²) in [6.07, 6.45) is 10.2. The molecule has 0 saturated carbocycles. The Morgan fingerprint density at radius 2 is 1.39 bits per heavy atom. The summed E-state index contributed by atoms with van der Waals surface area (Å²) in [6, 6.07) is 11.2. The summed E-state index contributed by atoms with van der Waals surface area (Å²) in [5.74, 6) is 0.602. The zero-order valence-electron chi connectivity index (χ0n) is 18.7. The Labute approximate surface area is 174 Å². The minimum atomic E-state index is -0.510. The Hall–Kier alpha value is -1.86. The van der Waals surface area contributed by atoms with Crippen LogP contribution < -0.4 is 5.19 Å². The molecule has 1 unspecified atom stereocenters. The maximum Gasteiger partial charge on any atom is 0.0886 e. The second-order valence-corrected chi connectivity index (χ2v) is 10.4. The summed E-state index contributed by atoms with van der Waals surface area (Å²) in [5.41, 5.74) is 10.6. The highest BCUT2D eigenvalue weighted by Crippen LogP contribution is 2.37. The molecule has 0 radical (unpaired) electrons. The third-order valence-electron chi connectivity index (χ3n) is 6.97. The molecule has 0 fully saturated rings. The minimum absolute atomic E-state index is 0.510. The summed E-state index contributed by atoms with van der Waals surface area (Å²) >= 11 is 0. The monoisotopic (exact) mass is 388 g/mol.